The molecule has 2 amide bonds. The molecule has 3 aromatic rings. The van der Waals surface area contributed by atoms with Crippen molar-refractivity contribution in [3.05, 3.63) is 84.7 Å². The second-order valence-electron chi connectivity index (χ2n) is 9.55. The first-order valence-electron chi connectivity index (χ1n) is 12.2. The van der Waals surface area contributed by atoms with Gasteiger partial charge < -0.3 is 20.3 Å². The number of hydrogen-bond donors (Lipinski definition) is 3. The van der Waals surface area contributed by atoms with Gasteiger partial charge in [-0.25, -0.2) is 4.98 Å². The first-order valence-corrected chi connectivity index (χ1v) is 12.2. The summed E-state index contributed by atoms with van der Waals surface area (Å²) in [4.78, 5) is 30.8. The van der Waals surface area contributed by atoms with E-state index in [4.69, 9.17) is 4.98 Å². The Balaban J connectivity index is 2.10. The topological polar surface area (TPSA) is 96.2 Å². The highest BCUT2D eigenvalue weighted by molar-refractivity contribution is 6.08. The van der Waals surface area contributed by atoms with Gasteiger partial charge in [-0.15, -0.1) is 13.2 Å². The standard InChI is InChI=1S/C29H36N4O3/c1-7-14-29(36,15-8-2)20(5)30-28(35)24-16-23(32-27(34)19(3)4)17-25-26(24)33(21(6)31-25)18-22-12-10-9-11-13-22/h7-13,16-17,19-20,36H,1-2,14-15,18H2,3-6H3,(H,30,35)(H,32,34). The number of carbonyl (C=O) groups excluding carboxylic acids is 2. The number of anilines is 1. The van der Waals surface area contributed by atoms with E-state index in [0.29, 0.717) is 41.7 Å². The zero-order valence-corrected chi connectivity index (χ0v) is 21.5. The van der Waals surface area contributed by atoms with Crippen LogP contribution in [0.2, 0.25) is 0 Å². The molecule has 1 heterocycles. The van der Waals surface area contributed by atoms with E-state index in [0.717, 1.165) is 11.4 Å². The molecule has 0 aliphatic heterocycles. The zero-order chi connectivity index (χ0) is 26.5. The summed E-state index contributed by atoms with van der Waals surface area (Å²) in [5.74, 6) is 0.0102. The summed E-state index contributed by atoms with van der Waals surface area (Å²) >= 11 is 0. The average molecular weight is 489 g/mol. The Bertz CT molecular complexity index is 1250. The molecule has 1 atom stereocenters. The lowest BCUT2D eigenvalue weighted by atomic mass is 9.88. The lowest BCUT2D eigenvalue weighted by Gasteiger charge is -2.33. The smallest absolute Gasteiger partial charge is 0.253 e. The third-order valence-corrected chi connectivity index (χ3v) is 6.40. The lowest BCUT2D eigenvalue weighted by molar-refractivity contribution is -0.118. The molecule has 7 nitrogen and oxygen atoms in total. The van der Waals surface area contributed by atoms with E-state index in [-0.39, 0.29) is 17.7 Å². The number of aromatic nitrogens is 2. The van der Waals surface area contributed by atoms with Crippen molar-refractivity contribution in [1.82, 2.24) is 14.9 Å². The van der Waals surface area contributed by atoms with Crippen molar-refractivity contribution in [3.63, 3.8) is 0 Å². The Morgan fingerprint density at radius 1 is 1.11 bits per heavy atom. The van der Waals surface area contributed by atoms with Crippen LogP contribution in [0.5, 0.6) is 0 Å². The predicted molar refractivity (Wildman–Crippen MR) is 145 cm³/mol. The number of nitrogens with zero attached hydrogens (tertiary/aromatic N) is 2. The monoisotopic (exact) mass is 488 g/mol. The van der Waals surface area contributed by atoms with Gasteiger partial charge in [0.1, 0.15) is 5.82 Å². The van der Waals surface area contributed by atoms with Crippen molar-refractivity contribution >= 4 is 28.5 Å². The molecular weight excluding hydrogens is 452 g/mol. The van der Waals surface area contributed by atoms with Crippen molar-refractivity contribution in [1.29, 1.82) is 0 Å². The third kappa shape index (κ3) is 5.91. The number of imidazole rings is 1. The number of benzene rings is 2. The molecule has 0 bridgehead atoms. The van der Waals surface area contributed by atoms with E-state index in [9.17, 15) is 14.7 Å². The van der Waals surface area contributed by atoms with Crippen molar-refractivity contribution in [2.24, 2.45) is 5.92 Å². The molecule has 2 aromatic carbocycles. The number of rotatable bonds is 11. The van der Waals surface area contributed by atoms with Crippen LogP contribution in [0.15, 0.2) is 67.8 Å². The quantitative estimate of drug-likeness (QED) is 0.331. The van der Waals surface area contributed by atoms with E-state index in [1.807, 2.05) is 55.7 Å². The number of carbonyl (C=O) groups is 2. The second kappa shape index (κ2) is 11.4. The Morgan fingerprint density at radius 3 is 2.33 bits per heavy atom. The van der Waals surface area contributed by atoms with Crippen LogP contribution in [-0.4, -0.2) is 38.1 Å². The molecule has 0 saturated heterocycles. The molecule has 0 fully saturated rings. The largest absolute Gasteiger partial charge is 0.387 e. The molecule has 36 heavy (non-hydrogen) atoms. The molecular formula is C29H36N4O3. The normalized spacial score (nSPS) is 12.4. The summed E-state index contributed by atoms with van der Waals surface area (Å²) < 4.78 is 2.00. The van der Waals surface area contributed by atoms with E-state index in [2.05, 4.69) is 23.8 Å². The number of nitrogens with one attached hydrogen (secondary N) is 2. The molecule has 3 N–H and O–H groups in total. The van der Waals surface area contributed by atoms with Crippen molar-refractivity contribution in [2.75, 3.05) is 5.32 Å². The van der Waals surface area contributed by atoms with Crippen LogP contribution in [0.3, 0.4) is 0 Å². The highest BCUT2D eigenvalue weighted by Crippen LogP contribution is 2.28. The van der Waals surface area contributed by atoms with Gasteiger partial charge in [0.15, 0.2) is 0 Å². The van der Waals surface area contributed by atoms with Gasteiger partial charge in [-0.3, -0.25) is 9.59 Å². The van der Waals surface area contributed by atoms with Gasteiger partial charge in [0.05, 0.1) is 28.2 Å². The van der Waals surface area contributed by atoms with Crippen LogP contribution in [0.25, 0.3) is 11.0 Å². The minimum atomic E-state index is -1.22. The third-order valence-electron chi connectivity index (χ3n) is 6.40. The summed E-state index contributed by atoms with van der Waals surface area (Å²) in [6.45, 7) is 15.3. The maximum absolute atomic E-state index is 13.7. The summed E-state index contributed by atoms with van der Waals surface area (Å²) in [5.41, 5.74) is 1.99. The first kappa shape index (κ1) is 26.9. The van der Waals surface area contributed by atoms with Crippen LogP contribution >= 0.6 is 0 Å². The predicted octanol–water partition coefficient (Wildman–Crippen LogP) is 4.99. The minimum Gasteiger partial charge on any atom is -0.387 e. The molecule has 0 saturated carbocycles. The lowest BCUT2D eigenvalue weighted by Crippen LogP contribution is -2.50. The van der Waals surface area contributed by atoms with Crippen molar-refractivity contribution < 1.29 is 14.7 Å². The number of fused-ring (bicyclic) bond motifs is 1. The summed E-state index contributed by atoms with van der Waals surface area (Å²) in [7, 11) is 0. The van der Waals surface area contributed by atoms with E-state index < -0.39 is 11.6 Å². The SMILES string of the molecule is C=CCC(O)(CC=C)C(C)NC(=O)c1cc(NC(=O)C(C)C)cc2nc(C)n(Cc3ccccc3)c12. The molecule has 7 heteroatoms. The molecule has 0 spiro atoms. The fourth-order valence-electron chi connectivity index (χ4n) is 4.22. The fourth-order valence-corrected chi connectivity index (χ4v) is 4.22. The summed E-state index contributed by atoms with van der Waals surface area (Å²) in [6, 6.07) is 12.8. The van der Waals surface area contributed by atoms with E-state index in [1.165, 1.54) is 0 Å². The zero-order valence-electron chi connectivity index (χ0n) is 21.5. The Kier molecular flexibility index (Phi) is 8.48. The highest BCUT2D eigenvalue weighted by Gasteiger charge is 2.33. The number of hydrogen-bond acceptors (Lipinski definition) is 4. The van der Waals surface area contributed by atoms with Gasteiger partial charge >= 0.3 is 0 Å². The van der Waals surface area contributed by atoms with Crippen LogP contribution in [0.1, 0.15) is 55.4 Å². The van der Waals surface area contributed by atoms with Crippen LogP contribution in [0, 0.1) is 12.8 Å². The average Bonchev–Trinajstić information content (AvgIpc) is 3.13. The van der Waals surface area contributed by atoms with Gasteiger partial charge in [-0.05, 0) is 44.4 Å². The van der Waals surface area contributed by atoms with E-state index in [1.54, 1.807) is 31.2 Å². The highest BCUT2D eigenvalue weighted by atomic mass is 16.3. The number of amides is 2. The number of aliphatic hydroxyl groups is 1. The molecule has 1 aromatic heterocycles. The van der Waals surface area contributed by atoms with Gasteiger partial charge in [0.2, 0.25) is 5.91 Å². The first-order chi connectivity index (χ1) is 17.1. The van der Waals surface area contributed by atoms with Gasteiger partial charge in [0.25, 0.3) is 5.91 Å². The molecule has 1 unspecified atom stereocenters. The van der Waals surface area contributed by atoms with Crippen LogP contribution < -0.4 is 10.6 Å². The number of aryl methyl sites for hydroxylation is 1. The van der Waals surface area contributed by atoms with Gasteiger partial charge in [-0.1, -0.05) is 56.3 Å². The molecule has 3 rings (SSSR count). The maximum atomic E-state index is 13.7. The minimum absolute atomic E-state index is 0.152. The van der Waals surface area contributed by atoms with Crippen molar-refractivity contribution in [2.45, 2.75) is 58.7 Å². The van der Waals surface area contributed by atoms with Gasteiger partial charge in [-0.2, -0.15) is 0 Å². The summed E-state index contributed by atoms with van der Waals surface area (Å²) in [6.07, 6.45) is 3.85. The molecule has 0 aliphatic rings. The maximum Gasteiger partial charge on any atom is 0.253 e. The van der Waals surface area contributed by atoms with Crippen LogP contribution in [0.4, 0.5) is 5.69 Å². The second-order valence-corrected chi connectivity index (χ2v) is 9.55. The Labute approximate surface area is 212 Å². The Morgan fingerprint density at radius 2 is 1.75 bits per heavy atom. The molecule has 0 radical (unpaired) electrons. The molecule has 190 valence electrons. The van der Waals surface area contributed by atoms with Crippen LogP contribution in [-0.2, 0) is 11.3 Å². The molecule has 0 aliphatic carbocycles. The fraction of sp³-hybridized carbons (Fsp3) is 0.345. The van der Waals surface area contributed by atoms with E-state index >= 15 is 0 Å². The Hall–Kier alpha value is -3.71. The van der Waals surface area contributed by atoms with Crippen molar-refractivity contribution in [3.8, 4) is 0 Å². The summed E-state index contributed by atoms with van der Waals surface area (Å²) in [5, 5.41) is 17.0. The van der Waals surface area contributed by atoms with Gasteiger partial charge in [0, 0.05) is 18.2 Å².